The highest BCUT2D eigenvalue weighted by atomic mass is 79.9. The van der Waals surface area contributed by atoms with Gasteiger partial charge in [-0.15, -0.1) is 0 Å². The second-order valence-electron chi connectivity index (χ2n) is 6.61. The Balaban J connectivity index is 1.85. The summed E-state index contributed by atoms with van der Waals surface area (Å²) >= 11 is 9.33. The van der Waals surface area contributed by atoms with Gasteiger partial charge >= 0.3 is 0 Å². The first kappa shape index (κ1) is 21.0. The van der Waals surface area contributed by atoms with Crippen LogP contribution in [0.15, 0.2) is 40.9 Å². The van der Waals surface area contributed by atoms with Crippen LogP contribution in [0.4, 0.5) is 11.4 Å². The van der Waals surface area contributed by atoms with Gasteiger partial charge < -0.3 is 9.64 Å². The van der Waals surface area contributed by atoms with Crippen LogP contribution in [0.1, 0.15) is 18.9 Å². The highest BCUT2D eigenvalue weighted by Gasteiger charge is 2.29. The molecule has 6 nitrogen and oxygen atoms in total. The SMILES string of the molecule is C[C@H](Oc1ccc(Cl)cc1Br)C(=O)N1CCCc2c(NS(C)(=O)=O)cccc21. The van der Waals surface area contributed by atoms with Gasteiger partial charge in [0, 0.05) is 22.8 Å². The quantitative estimate of drug-likeness (QED) is 0.685. The number of sulfonamides is 1. The average molecular weight is 488 g/mol. The topological polar surface area (TPSA) is 75.7 Å². The van der Waals surface area contributed by atoms with Gasteiger partial charge in [0.1, 0.15) is 5.75 Å². The zero-order chi connectivity index (χ0) is 20.5. The van der Waals surface area contributed by atoms with Crippen molar-refractivity contribution in [1.29, 1.82) is 0 Å². The molecule has 0 bridgehead atoms. The summed E-state index contributed by atoms with van der Waals surface area (Å²) in [5.41, 5.74) is 2.02. The fourth-order valence-corrected chi connectivity index (χ4v) is 4.55. The monoisotopic (exact) mass is 486 g/mol. The molecule has 0 saturated heterocycles. The van der Waals surface area contributed by atoms with E-state index in [-0.39, 0.29) is 5.91 Å². The maximum absolute atomic E-state index is 13.1. The van der Waals surface area contributed by atoms with E-state index in [0.717, 1.165) is 18.2 Å². The third-order valence-corrected chi connectivity index (χ3v) is 5.80. The Morgan fingerprint density at radius 1 is 1.32 bits per heavy atom. The highest BCUT2D eigenvalue weighted by molar-refractivity contribution is 9.10. The van der Waals surface area contributed by atoms with Crippen LogP contribution in [0.25, 0.3) is 0 Å². The van der Waals surface area contributed by atoms with Crippen molar-refractivity contribution in [3.63, 3.8) is 0 Å². The van der Waals surface area contributed by atoms with Crippen LogP contribution >= 0.6 is 27.5 Å². The van der Waals surface area contributed by atoms with Gasteiger partial charge in [-0.2, -0.15) is 0 Å². The minimum atomic E-state index is -3.41. The largest absolute Gasteiger partial charge is 0.480 e. The molecule has 0 fully saturated rings. The number of nitrogens with one attached hydrogen (secondary N) is 1. The Hall–Kier alpha value is -1.77. The van der Waals surface area contributed by atoms with Crippen molar-refractivity contribution in [1.82, 2.24) is 0 Å². The van der Waals surface area contributed by atoms with Crippen molar-refractivity contribution >= 4 is 54.8 Å². The molecule has 0 spiro atoms. The zero-order valence-electron chi connectivity index (χ0n) is 15.4. The van der Waals surface area contributed by atoms with Crippen molar-refractivity contribution in [3.8, 4) is 5.75 Å². The minimum Gasteiger partial charge on any atom is -0.480 e. The van der Waals surface area contributed by atoms with Gasteiger partial charge in [0.25, 0.3) is 5.91 Å². The molecule has 3 rings (SSSR count). The van der Waals surface area contributed by atoms with Crippen LogP contribution in [0.2, 0.25) is 5.02 Å². The standard InChI is InChI=1S/C19H20BrClN2O4S/c1-12(27-18-9-8-13(21)11-15(18)20)19(24)23-10-4-5-14-16(22-28(2,25)26)6-3-7-17(14)23/h3,6-9,11-12,22H,4-5,10H2,1-2H3/t12-/m0/s1. The number of benzene rings is 2. The van der Waals surface area contributed by atoms with Crippen LogP contribution in [0.3, 0.4) is 0 Å². The van der Waals surface area contributed by atoms with Crippen LogP contribution in [0, 0.1) is 0 Å². The van der Waals surface area contributed by atoms with E-state index >= 15 is 0 Å². The van der Waals surface area contributed by atoms with Crippen LogP contribution < -0.4 is 14.4 Å². The molecule has 1 aliphatic heterocycles. The summed E-state index contributed by atoms with van der Waals surface area (Å²) in [6, 6.07) is 10.4. The molecule has 28 heavy (non-hydrogen) atoms. The lowest BCUT2D eigenvalue weighted by Crippen LogP contribution is -2.43. The Kier molecular flexibility index (Phi) is 6.21. The number of hydrogen-bond acceptors (Lipinski definition) is 4. The second kappa shape index (κ2) is 8.31. The van der Waals surface area contributed by atoms with E-state index in [2.05, 4.69) is 20.7 Å². The Labute approximate surface area is 178 Å². The molecule has 0 unspecified atom stereocenters. The zero-order valence-corrected chi connectivity index (χ0v) is 18.6. The first-order valence-electron chi connectivity index (χ1n) is 8.68. The van der Waals surface area contributed by atoms with Gasteiger partial charge in [-0.1, -0.05) is 17.7 Å². The van der Waals surface area contributed by atoms with E-state index < -0.39 is 16.1 Å². The molecule has 1 amide bonds. The van der Waals surface area contributed by atoms with Crippen molar-refractivity contribution in [3.05, 3.63) is 51.5 Å². The highest BCUT2D eigenvalue weighted by Crippen LogP contribution is 2.34. The molecule has 1 atom stereocenters. The smallest absolute Gasteiger partial charge is 0.267 e. The number of amides is 1. The maximum Gasteiger partial charge on any atom is 0.267 e. The molecule has 1 N–H and O–H groups in total. The number of nitrogens with zero attached hydrogens (tertiary/aromatic N) is 1. The number of carbonyl (C=O) groups is 1. The van der Waals surface area contributed by atoms with E-state index in [0.29, 0.717) is 39.6 Å². The molecule has 1 heterocycles. The number of fused-ring (bicyclic) bond motifs is 1. The second-order valence-corrected chi connectivity index (χ2v) is 9.64. The summed E-state index contributed by atoms with van der Waals surface area (Å²) in [6.07, 6.45) is 1.81. The van der Waals surface area contributed by atoms with Crippen molar-refractivity contribution in [2.45, 2.75) is 25.9 Å². The first-order valence-corrected chi connectivity index (χ1v) is 11.7. The number of rotatable bonds is 5. The van der Waals surface area contributed by atoms with Crippen molar-refractivity contribution < 1.29 is 17.9 Å². The summed E-state index contributed by atoms with van der Waals surface area (Å²) in [5, 5.41) is 0.564. The van der Waals surface area contributed by atoms with Crippen molar-refractivity contribution in [2.75, 3.05) is 22.4 Å². The number of hydrogen-bond donors (Lipinski definition) is 1. The molecule has 0 radical (unpaired) electrons. The molecule has 0 saturated carbocycles. The summed E-state index contributed by atoms with van der Waals surface area (Å²) in [5.74, 6) is 0.328. The summed E-state index contributed by atoms with van der Waals surface area (Å²) in [4.78, 5) is 14.7. The fraction of sp³-hybridized carbons (Fsp3) is 0.316. The molecule has 2 aromatic rings. The first-order chi connectivity index (χ1) is 13.2. The predicted molar refractivity (Wildman–Crippen MR) is 115 cm³/mol. The molecule has 9 heteroatoms. The number of carbonyl (C=O) groups excluding carboxylic acids is 1. The molecule has 2 aromatic carbocycles. The lowest BCUT2D eigenvalue weighted by atomic mass is 9.99. The molecule has 150 valence electrons. The fourth-order valence-electron chi connectivity index (χ4n) is 3.18. The Morgan fingerprint density at radius 2 is 2.07 bits per heavy atom. The van der Waals surface area contributed by atoms with Crippen LogP contribution in [-0.2, 0) is 21.2 Å². The lowest BCUT2D eigenvalue weighted by molar-refractivity contribution is -0.124. The Morgan fingerprint density at radius 3 is 2.75 bits per heavy atom. The summed E-state index contributed by atoms with van der Waals surface area (Å²) < 4.78 is 32.3. The predicted octanol–water partition coefficient (Wildman–Crippen LogP) is 4.22. The lowest BCUT2D eigenvalue weighted by Gasteiger charge is -2.32. The Bertz CT molecular complexity index is 1010. The number of halogens is 2. The van der Waals surface area contributed by atoms with E-state index in [4.69, 9.17) is 16.3 Å². The van der Waals surface area contributed by atoms with Gasteiger partial charge in [0.2, 0.25) is 10.0 Å². The van der Waals surface area contributed by atoms with Crippen LogP contribution in [0.5, 0.6) is 5.75 Å². The average Bonchev–Trinajstić information content (AvgIpc) is 2.62. The van der Waals surface area contributed by atoms with Crippen molar-refractivity contribution in [2.24, 2.45) is 0 Å². The van der Waals surface area contributed by atoms with Gasteiger partial charge in [-0.3, -0.25) is 9.52 Å². The minimum absolute atomic E-state index is 0.195. The van der Waals surface area contributed by atoms with Gasteiger partial charge in [-0.05, 0) is 66.0 Å². The third-order valence-electron chi connectivity index (χ3n) is 4.36. The third kappa shape index (κ3) is 4.79. The normalized spacial score (nSPS) is 14.9. The molecular formula is C19H20BrClN2O4S. The molecule has 0 aromatic heterocycles. The van der Waals surface area contributed by atoms with Gasteiger partial charge in [0.05, 0.1) is 16.4 Å². The van der Waals surface area contributed by atoms with E-state index in [9.17, 15) is 13.2 Å². The molecular weight excluding hydrogens is 468 g/mol. The number of ether oxygens (including phenoxy) is 1. The maximum atomic E-state index is 13.1. The van der Waals surface area contributed by atoms with Crippen LogP contribution in [-0.4, -0.2) is 33.2 Å². The number of anilines is 2. The van der Waals surface area contributed by atoms with E-state index in [1.165, 1.54) is 0 Å². The van der Waals surface area contributed by atoms with E-state index in [1.54, 1.807) is 42.2 Å². The summed E-state index contributed by atoms with van der Waals surface area (Å²) in [6.45, 7) is 2.24. The van der Waals surface area contributed by atoms with E-state index in [1.807, 2.05) is 6.07 Å². The van der Waals surface area contributed by atoms with Gasteiger partial charge in [0.15, 0.2) is 6.10 Å². The van der Waals surface area contributed by atoms with Gasteiger partial charge in [-0.25, -0.2) is 8.42 Å². The molecule has 1 aliphatic rings. The summed E-state index contributed by atoms with van der Waals surface area (Å²) in [7, 11) is -3.41. The molecule has 0 aliphatic carbocycles.